The highest BCUT2D eigenvalue weighted by atomic mass is 16.6. The quantitative estimate of drug-likeness (QED) is 0.310. The van der Waals surface area contributed by atoms with Crippen LogP contribution in [0.5, 0.6) is 0 Å². The molecule has 0 atom stereocenters. The predicted molar refractivity (Wildman–Crippen MR) is 148 cm³/mol. The standard InChI is InChI=1S/C30H39N3O2/c1-30(2,3)35-29(34)27-20-25(33(8)9)18-19-26(27)28(21-10-14-23(15-11-21)31(4)5)22-12-16-24(17-13-22)32(6)7/h10-20,28H,1-9H3. The van der Waals surface area contributed by atoms with Crippen LogP contribution in [0.15, 0.2) is 66.7 Å². The molecule has 3 aromatic carbocycles. The number of hydrogen-bond donors (Lipinski definition) is 0. The maximum atomic E-state index is 13.5. The molecule has 35 heavy (non-hydrogen) atoms. The molecule has 186 valence electrons. The van der Waals surface area contributed by atoms with Crippen molar-refractivity contribution in [1.29, 1.82) is 0 Å². The molecule has 0 saturated carbocycles. The van der Waals surface area contributed by atoms with Gasteiger partial charge in [0.25, 0.3) is 0 Å². The molecule has 0 saturated heterocycles. The molecule has 0 heterocycles. The van der Waals surface area contributed by atoms with Gasteiger partial charge in [0.1, 0.15) is 5.60 Å². The number of nitrogens with zero attached hydrogens (tertiary/aromatic N) is 3. The Bertz CT molecular complexity index is 1090. The van der Waals surface area contributed by atoms with Gasteiger partial charge in [-0.15, -0.1) is 0 Å². The SMILES string of the molecule is CN(C)c1ccc(C(c2ccc(N(C)C)cc2)c2ccc(N(C)C)cc2C(=O)OC(C)(C)C)cc1. The maximum Gasteiger partial charge on any atom is 0.339 e. The summed E-state index contributed by atoms with van der Waals surface area (Å²) < 4.78 is 5.85. The highest BCUT2D eigenvalue weighted by molar-refractivity contribution is 5.93. The van der Waals surface area contributed by atoms with Gasteiger partial charge in [-0.1, -0.05) is 30.3 Å². The lowest BCUT2D eigenvalue weighted by Crippen LogP contribution is -2.25. The van der Waals surface area contributed by atoms with E-state index in [4.69, 9.17) is 4.74 Å². The fourth-order valence-electron chi connectivity index (χ4n) is 4.07. The third kappa shape index (κ3) is 6.36. The highest BCUT2D eigenvalue weighted by Crippen LogP contribution is 2.37. The first-order chi connectivity index (χ1) is 16.4. The normalized spacial score (nSPS) is 11.4. The van der Waals surface area contributed by atoms with E-state index in [0.717, 1.165) is 33.8 Å². The summed E-state index contributed by atoms with van der Waals surface area (Å²) in [4.78, 5) is 19.6. The average molecular weight is 474 g/mol. The van der Waals surface area contributed by atoms with Gasteiger partial charge in [0.05, 0.1) is 5.56 Å². The molecule has 0 radical (unpaired) electrons. The minimum absolute atomic E-state index is 0.124. The second-order valence-electron chi connectivity index (χ2n) is 10.6. The molecule has 5 nitrogen and oxygen atoms in total. The van der Waals surface area contributed by atoms with E-state index in [-0.39, 0.29) is 11.9 Å². The number of carbonyl (C=O) groups is 1. The van der Waals surface area contributed by atoms with E-state index < -0.39 is 5.60 Å². The van der Waals surface area contributed by atoms with Crippen LogP contribution in [0.4, 0.5) is 17.1 Å². The lowest BCUT2D eigenvalue weighted by atomic mass is 9.82. The van der Waals surface area contributed by atoms with E-state index in [2.05, 4.69) is 70.5 Å². The molecule has 0 spiro atoms. The Morgan fingerprint density at radius 2 is 1.06 bits per heavy atom. The number of ether oxygens (including phenoxy) is 1. The first-order valence-corrected chi connectivity index (χ1v) is 12.0. The largest absolute Gasteiger partial charge is 0.456 e. The van der Waals surface area contributed by atoms with Gasteiger partial charge in [-0.05, 0) is 73.9 Å². The molecule has 0 bridgehead atoms. The minimum Gasteiger partial charge on any atom is -0.456 e. The van der Waals surface area contributed by atoms with Crippen molar-refractivity contribution in [1.82, 2.24) is 0 Å². The smallest absolute Gasteiger partial charge is 0.339 e. The van der Waals surface area contributed by atoms with Crippen LogP contribution in [-0.4, -0.2) is 53.9 Å². The number of carbonyl (C=O) groups excluding carboxylic acids is 1. The fourth-order valence-corrected chi connectivity index (χ4v) is 4.07. The van der Waals surface area contributed by atoms with E-state index in [1.807, 2.05) is 74.0 Å². The molecule has 0 aromatic heterocycles. The van der Waals surface area contributed by atoms with Gasteiger partial charge < -0.3 is 19.4 Å². The Labute approximate surface area is 210 Å². The topological polar surface area (TPSA) is 36.0 Å². The van der Waals surface area contributed by atoms with Crippen LogP contribution in [0.1, 0.15) is 53.7 Å². The molecular formula is C30H39N3O2. The summed E-state index contributed by atoms with van der Waals surface area (Å²) in [5.41, 5.74) is 6.39. The lowest BCUT2D eigenvalue weighted by Gasteiger charge is -2.26. The maximum absolute atomic E-state index is 13.5. The van der Waals surface area contributed by atoms with Gasteiger partial charge in [-0.25, -0.2) is 4.79 Å². The summed E-state index contributed by atoms with van der Waals surface area (Å²) in [6.07, 6.45) is 0. The Kier molecular flexibility index (Phi) is 7.79. The summed E-state index contributed by atoms with van der Waals surface area (Å²) >= 11 is 0. The van der Waals surface area contributed by atoms with Crippen molar-refractivity contribution in [3.63, 3.8) is 0 Å². The summed E-state index contributed by atoms with van der Waals surface area (Å²) in [5, 5.41) is 0. The minimum atomic E-state index is -0.585. The monoisotopic (exact) mass is 473 g/mol. The van der Waals surface area contributed by atoms with Gasteiger partial charge >= 0.3 is 5.97 Å². The zero-order chi connectivity index (χ0) is 25.9. The van der Waals surface area contributed by atoms with Crippen molar-refractivity contribution >= 4 is 23.0 Å². The van der Waals surface area contributed by atoms with Gasteiger partial charge in [-0.2, -0.15) is 0 Å². The average Bonchev–Trinajstić information content (AvgIpc) is 2.79. The van der Waals surface area contributed by atoms with Gasteiger partial charge in [0.15, 0.2) is 0 Å². The Morgan fingerprint density at radius 1 is 0.657 bits per heavy atom. The fraction of sp³-hybridized carbons (Fsp3) is 0.367. The Hall–Kier alpha value is -3.47. The van der Waals surface area contributed by atoms with E-state index in [9.17, 15) is 4.79 Å². The van der Waals surface area contributed by atoms with Crippen LogP contribution in [0, 0.1) is 0 Å². The lowest BCUT2D eigenvalue weighted by molar-refractivity contribution is 0.00682. The Balaban J connectivity index is 2.23. The summed E-state index contributed by atoms with van der Waals surface area (Å²) in [5.74, 6) is -0.433. The van der Waals surface area contributed by atoms with Gasteiger partial charge in [0.2, 0.25) is 0 Å². The van der Waals surface area contributed by atoms with E-state index in [1.165, 1.54) is 0 Å². The van der Waals surface area contributed by atoms with Gasteiger partial charge in [0, 0.05) is 65.3 Å². The zero-order valence-electron chi connectivity index (χ0n) is 22.6. The summed E-state index contributed by atoms with van der Waals surface area (Å²) in [6.45, 7) is 5.70. The van der Waals surface area contributed by atoms with Crippen LogP contribution in [0.2, 0.25) is 0 Å². The van der Waals surface area contributed by atoms with Crippen LogP contribution in [0.25, 0.3) is 0 Å². The van der Waals surface area contributed by atoms with Crippen molar-refractivity contribution in [2.45, 2.75) is 32.3 Å². The summed E-state index contributed by atoms with van der Waals surface area (Å²) in [7, 11) is 12.1. The van der Waals surface area contributed by atoms with E-state index >= 15 is 0 Å². The molecule has 0 N–H and O–H groups in total. The van der Waals surface area contributed by atoms with Crippen LogP contribution < -0.4 is 14.7 Å². The van der Waals surface area contributed by atoms with Gasteiger partial charge in [-0.3, -0.25) is 0 Å². The highest BCUT2D eigenvalue weighted by Gasteiger charge is 2.27. The third-order valence-corrected chi connectivity index (χ3v) is 5.97. The molecule has 0 aliphatic heterocycles. The van der Waals surface area contributed by atoms with Crippen LogP contribution in [-0.2, 0) is 4.74 Å². The molecule has 0 unspecified atom stereocenters. The van der Waals surface area contributed by atoms with Crippen molar-refractivity contribution in [2.24, 2.45) is 0 Å². The number of esters is 1. The molecule has 0 aliphatic carbocycles. The van der Waals surface area contributed by atoms with Crippen molar-refractivity contribution in [3.05, 3.63) is 89.0 Å². The number of hydrogen-bond acceptors (Lipinski definition) is 5. The first kappa shape index (κ1) is 26.1. The second-order valence-corrected chi connectivity index (χ2v) is 10.6. The third-order valence-electron chi connectivity index (χ3n) is 5.97. The molecule has 3 aromatic rings. The predicted octanol–water partition coefficient (Wildman–Crippen LogP) is 6.02. The molecule has 0 amide bonds. The van der Waals surface area contributed by atoms with Crippen LogP contribution >= 0.6 is 0 Å². The zero-order valence-corrected chi connectivity index (χ0v) is 22.6. The first-order valence-electron chi connectivity index (χ1n) is 12.0. The molecule has 5 heteroatoms. The number of anilines is 3. The second kappa shape index (κ2) is 10.4. The number of benzene rings is 3. The number of rotatable bonds is 7. The molecular weight excluding hydrogens is 434 g/mol. The summed E-state index contributed by atoms with van der Waals surface area (Å²) in [6, 6.07) is 23.2. The van der Waals surface area contributed by atoms with Crippen molar-refractivity contribution < 1.29 is 9.53 Å². The van der Waals surface area contributed by atoms with E-state index in [0.29, 0.717) is 5.56 Å². The Morgan fingerprint density at radius 3 is 1.43 bits per heavy atom. The molecule has 0 fully saturated rings. The van der Waals surface area contributed by atoms with E-state index in [1.54, 1.807) is 0 Å². The molecule has 3 rings (SSSR count). The molecule has 0 aliphatic rings. The van der Waals surface area contributed by atoms with Crippen molar-refractivity contribution in [2.75, 3.05) is 57.0 Å². The van der Waals surface area contributed by atoms with Crippen molar-refractivity contribution in [3.8, 4) is 0 Å². The van der Waals surface area contributed by atoms with Crippen LogP contribution in [0.3, 0.4) is 0 Å².